The summed E-state index contributed by atoms with van der Waals surface area (Å²) in [5, 5.41) is 2.81. The van der Waals surface area contributed by atoms with Crippen LogP contribution in [0.2, 0.25) is 0 Å². The number of rotatable bonds is 6. The minimum Gasteiger partial charge on any atom is -0.478 e. The van der Waals surface area contributed by atoms with Crippen molar-refractivity contribution in [3.63, 3.8) is 0 Å². The maximum Gasteiger partial charge on any atom is 0.263 e. The van der Waals surface area contributed by atoms with E-state index in [1.165, 1.54) is 19.1 Å². The van der Waals surface area contributed by atoms with Gasteiger partial charge in [0, 0.05) is 26.1 Å². The monoisotopic (exact) mass is 350 g/mol. The third kappa shape index (κ3) is 5.44. The number of hydrogen-bond donors (Lipinski definition) is 1. The molecule has 1 saturated heterocycles. The van der Waals surface area contributed by atoms with Crippen LogP contribution >= 0.6 is 0 Å². The predicted molar refractivity (Wildman–Crippen MR) is 93.8 cm³/mol. The van der Waals surface area contributed by atoms with Gasteiger partial charge in [-0.2, -0.15) is 0 Å². The van der Waals surface area contributed by atoms with Gasteiger partial charge in [0.15, 0.2) is 17.7 Å². The van der Waals surface area contributed by atoms with Crippen molar-refractivity contribution in [3.05, 3.63) is 30.1 Å². The lowest BCUT2D eigenvalue weighted by Crippen LogP contribution is -2.51. The van der Waals surface area contributed by atoms with Crippen molar-refractivity contribution < 1.29 is 18.7 Å². The van der Waals surface area contributed by atoms with E-state index >= 15 is 0 Å². The highest BCUT2D eigenvalue weighted by molar-refractivity contribution is 5.81. The Labute approximate surface area is 148 Å². The molecule has 6 heteroatoms. The molecule has 138 valence electrons. The molecule has 2 rings (SSSR count). The van der Waals surface area contributed by atoms with E-state index in [-0.39, 0.29) is 23.6 Å². The molecule has 1 heterocycles. The zero-order chi connectivity index (χ0) is 18.2. The van der Waals surface area contributed by atoms with Crippen molar-refractivity contribution in [2.75, 3.05) is 13.1 Å². The fourth-order valence-electron chi connectivity index (χ4n) is 3.13. The summed E-state index contributed by atoms with van der Waals surface area (Å²) < 4.78 is 19.5. The molecule has 1 aromatic carbocycles. The lowest BCUT2D eigenvalue weighted by molar-refractivity contribution is -0.141. The van der Waals surface area contributed by atoms with E-state index in [1.54, 1.807) is 17.0 Å². The number of amides is 2. The van der Waals surface area contributed by atoms with E-state index in [1.807, 2.05) is 6.92 Å². The number of likely N-dealkylation sites (tertiary alicyclic amines) is 1. The number of halogens is 1. The van der Waals surface area contributed by atoms with Gasteiger partial charge in [-0.3, -0.25) is 9.59 Å². The number of benzene rings is 1. The molecule has 0 aromatic heterocycles. The van der Waals surface area contributed by atoms with Crippen molar-refractivity contribution in [2.45, 2.75) is 58.1 Å². The molecule has 0 aliphatic carbocycles. The van der Waals surface area contributed by atoms with E-state index in [0.717, 1.165) is 25.7 Å². The van der Waals surface area contributed by atoms with Crippen LogP contribution in [0.5, 0.6) is 5.75 Å². The fraction of sp³-hybridized carbons (Fsp3) is 0.579. The number of para-hydroxylation sites is 1. The highest BCUT2D eigenvalue weighted by Crippen LogP contribution is 2.22. The molecule has 2 atom stereocenters. The summed E-state index contributed by atoms with van der Waals surface area (Å²) in [4.78, 5) is 26.1. The molecule has 0 bridgehead atoms. The van der Waals surface area contributed by atoms with E-state index in [2.05, 4.69) is 5.32 Å². The number of carbonyl (C=O) groups excluding carboxylic acids is 2. The molecule has 25 heavy (non-hydrogen) atoms. The van der Waals surface area contributed by atoms with Gasteiger partial charge in [0.25, 0.3) is 5.91 Å². The second kappa shape index (κ2) is 9.39. The van der Waals surface area contributed by atoms with Crippen molar-refractivity contribution in [2.24, 2.45) is 0 Å². The van der Waals surface area contributed by atoms with Crippen LogP contribution < -0.4 is 10.1 Å². The molecule has 2 amide bonds. The molecule has 2 unspecified atom stereocenters. The van der Waals surface area contributed by atoms with Crippen molar-refractivity contribution in [1.29, 1.82) is 0 Å². The quantitative estimate of drug-likeness (QED) is 0.858. The molecular weight excluding hydrogens is 323 g/mol. The molecule has 5 nitrogen and oxygen atoms in total. The standard InChI is InChI=1S/C19H27FN2O3/c1-3-17(25-18-11-7-6-10-16(18)20)19(24)22-12-8-4-5-9-15(22)13-21-14(2)23/h6-7,10-11,15,17H,3-5,8-9,12-13H2,1-2H3,(H,21,23). The molecular formula is C19H27FN2O3. The molecule has 1 aliphatic heterocycles. The topological polar surface area (TPSA) is 58.6 Å². The smallest absolute Gasteiger partial charge is 0.263 e. The van der Waals surface area contributed by atoms with E-state index in [4.69, 9.17) is 4.74 Å². The van der Waals surface area contributed by atoms with Crippen LogP contribution in [0.4, 0.5) is 4.39 Å². The van der Waals surface area contributed by atoms with E-state index < -0.39 is 11.9 Å². The van der Waals surface area contributed by atoms with Crippen LogP contribution in [0, 0.1) is 5.82 Å². The zero-order valence-electron chi connectivity index (χ0n) is 15.0. The van der Waals surface area contributed by atoms with Gasteiger partial charge in [-0.05, 0) is 31.4 Å². The lowest BCUT2D eigenvalue weighted by atomic mass is 10.1. The number of nitrogens with one attached hydrogen (secondary N) is 1. The molecule has 0 radical (unpaired) electrons. The minimum absolute atomic E-state index is 0.0443. The first-order valence-corrected chi connectivity index (χ1v) is 8.99. The zero-order valence-corrected chi connectivity index (χ0v) is 15.0. The first-order valence-electron chi connectivity index (χ1n) is 8.99. The lowest BCUT2D eigenvalue weighted by Gasteiger charge is -2.33. The van der Waals surface area contributed by atoms with Crippen molar-refractivity contribution >= 4 is 11.8 Å². The summed E-state index contributed by atoms with van der Waals surface area (Å²) >= 11 is 0. The number of nitrogens with zero attached hydrogens (tertiary/aromatic N) is 1. The van der Waals surface area contributed by atoms with Gasteiger partial charge < -0.3 is 15.0 Å². The van der Waals surface area contributed by atoms with Gasteiger partial charge in [-0.15, -0.1) is 0 Å². The maximum atomic E-state index is 13.8. The normalized spacial score (nSPS) is 19.0. The van der Waals surface area contributed by atoms with E-state index in [9.17, 15) is 14.0 Å². The van der Waals surface area contributed by atoms with Crippen LogP contribution in [0.3, 0.4) is 0 Å². The number of ether oxygens (including phenoxy) is 1. The second-order valence-electron chi connectivity index (χ2n) is 6.42. The maximum absolute atomic E-state index is 13.8. The molecule has 1 aliphatic rings. The highest BCUT2D eigenvalue weighted by Gasteiger charge is 2.31. The summed E-state index contributed by atoms with van der Waals surface area (Å²) in [6, 6.07) is 6.07. The molecule has 0 spiro atoms. The first kappa shape index (κ1) is 19.2. The third-order valence-corrected chi connectivity index (χ3v) is 4.50. The predicted octanol–water partition coefficient (Wildman–Crippen LogP) is 2.89. The Bertz CT molecular complexity index is 594. The molecule has 1 aromatic rings. The van der Waals surface area contributed by atoms with Crippen LogP contribution in [-0.4, -0.2) is 41.9 Å². The third-order valence-electron chi connectivity index (χ3n) is 4.50. The summed E-state index contributed by atoms with van der Waals surface area (Å²) in [5.74, 6) is -0.621. The summed E-state index contributed by atoms with van der Waals surface area (Å²) in [5.41, 5.74) is 0. The summed E-state index contributed by atoms with van der Waals surface area (Å²) in [7, 11) is 0. The van der Waals surface area contributed by atoms with Crippen LogP contribution in [0.1, 0.15) is 46.0 Å². The minimum atomic E-state index is -0.727. The SMILES string of the molecule is CCC(Oc1ccccc1F)C(=O)N1CCCCCC1CNC(C)=O. The van der Waals surface area contributed by atoms with Gasteiger partial charge >= 0.3 is 0 Å². The Balaban J connectivity index is 2.11. The summed E-state index contributed by atoms with van der Waals surface area (Å²) in [6.07, 6.45) is 3.59. The highest BCUT2D eigenvalue weighted by atomic mass is 19.1. The Morgan fingerprint density at radius 3 is 2.76 bits per heavy atom. The average Bonchev–Trinajstić information content (AvgIpc) is 2.84. The van der Waals surface area contributed by atoms with Gasteiger partial charge in [0.2, 0.25) is 5.91 Å². The second-order valence-corrected chi connectivity index (χ2v) is 6.42. The van der Waals surface area contributed by atoms with Gasteiger partial charge in [0.05, 0.1) is 0 Å². The van der Waals surface area contributed by atoms with Crippen LogP contribution in [0.25, 0.3) is 0 Å². The molecule has 1 fully saturated rings. The fourth-order valence-corrected chi connectivity index (χ4v) is 3.13. The van der Waals surface area contributed by atoms with E-state index in [0.29, 0.717) is 19.5 Å². The summed E-state index contributed by atoms with van der Waals surface area (Å²) in [6.45, 7) is 4.40. The Morgan fingerprint density at radius 1 is 1.32 bits per heavy atom. The number of carbonyl (C=O) groups is 2. The first-order chi connectivity index (χ1) is 12.0. The molecule has 0 saturated carbocycles. The molecule has 1 N–H and O–H groups in total. The van der Waals surface area contributed by atoms with Crippen molar-refractivity contribution in [3.8, 4) is 5.75 Å². The Morgan fingerprint density at radius 2 is 2.08 bits per heavy atom. The largest absolute Gasteiger partial charge is 0.478 e. The average molecular weight is 350 g/mol. The van der Waals surface area contributed by atoms with Gasteiger partial charge in [-0.1, -0.05) is 31.9 Å². The number of hydrogen-bond acceptors (Lipinski definition) is 3. The Hall–Kier alpha value is -2.11. The van der Waals surface area contributed by atoms with Crippen molar-refractivity contribution in [1.82, 2.24) is 10.2 Å². The Kier molecular flexibility index (Phi) is 7.22. The van der Waals surface area contributed by atoms with Crippen LogP contribution in [0.15, 0.2) is 24.3 Å². The van der Waals surface area contributed by atoms with Gasteiger partial charge in [0.1, 0.15) is 0 Å². The van der Waals surface area contributed by atoms with Crippen LogP contribution in [-0.2, 0) is 9.59 Å². The van der Waals surface area contributed by atoms with Gasteiger partial charge in [-0.25, -0.2) is 4.39 Å².